The number of halogens is 3. The van der Waals surface area contributed by atoms with Crippen LogP contribution < -0.4 is 5.32 Å². The quantitative estimate of drug-likeness (QED) is 0.802. The Balaban J connectivity index is 1.81. The van der Waals surface area contributed by atoms with Gasteiger partial charge in [0.25, 0.3) is 0 Å². The Morgan fingerprint density at radius 1 is 1.35 bits per heavy atom. The number of carbonyl (C=O) groups is 1. The molecule has 126 valence electrons. The lowest BCUT2D eigenvalue weighted by atomic mass is 9.76. The fourth-order valence-corrected chi connectivity index (χ4v) is 3.69. The standard InChI is InChI=1S/C17H21F3N2O/c1-11(23)22-7-4-12(5-8-22)14-10-21-16(2)6-3-13(9-15(14)16)17(18,19)20/h3,9-10,12,21H,4-8H2,1-2H3. The molecular weight excluding hydrogens is 305 g/mol. The van der Waals surface area contributed by atoms with Gasteiger partial charge < -0.3 is 10.2 Å². The minimum atomic E-state index is -4.31. The molecule has 3 aliphatic rings. The molecule has 1 saturated heterocycles. The molecule has 1 unspecified atom stereocenters. The lowest BCUT2D eigenvalue weighted by molar-refractivity contribution is -0.130. The van der Waals surface area contributed by atoms with Crippen molar-refractivity contribution in [2.24, 2.45) is 5.92 Å². The predicted molar refractivity (Wildman–Crippen MR) is 81.4 cm³/mol. The summed E-state index contributed by atoms with van der Waals surface area (Å²) in [5, 5.41) is 3.27. The fraction of sp³-hybridized carbons (Fsp3) is 0.588. The van der Waals surface area contributed by atoms with Crippen molar-refractivity contribution < 1.29 is 18.0 Å². The van der Waals surface area contributed by atoms with Crippen molar-refractivity contribution in [1.82, 2.24) is 10.2 Å². The van der Waals surface area contributed by atoms with Gasteiger partial charge in [-0.05, 0) is 49.3 Å². The van der Waals surface area contributed by atoms with Gasteiger partial charge in [-0.15, -0.1) is 0 Å². The van der Waals surface area contributed by atoms with E-state index in [0.717, 1.165) is 24.0 Å². The third-order valence-corrected chi connectivity index (χ3v) is 5.19. The van der Waals surface area contributed by atoms with Crippen LogP contribution in [0.1, 0.15) is 33.1 Å². The number of likely N-dealkylation sites (tertiary alicyclic amines) is 1. The van der Waals surface area contributed by atoms with Gasteiger partial charge in [0.15, 0.2) is 0 Å². The van der Waals surface area contributed by atoms with Gasteiger partial charge in [-0.3, -0.25) is 4.79 Å². The Morgan fingerprint density at radius 2 is 2.00 bits per heavy atom. The van der Waals surface area contributed by atoms with Crippen molar-refractivity contribution in [1.29, 1.82) is 0 Å². The fourth-order valence-electron chi connectivity index (χ4n) is 3.69. The number of nitrogens with one attached hydrogen (secondary N) is 1. The molecule has 0 aromatic carbocycles. The van der Waals surface area contributed by atoms with Crippen molar-refractivity contribution in [2.75, 3.05) is 13.1 Å². The van der Waals surface area contributed by atoms with E-state index in [-0.39, 0.29) is 11.8 Å². The summed E-state index contributed by atoms with van der Waals surface area (Å²) >= 11 is 0. The highest BCUT2D eigenvalue weighted by atomic mass is 19.4. The Morgan fingerprint density at radius 3 is 2.57 bits per heavy atom. The third-order valence-electron chi connectivity index (χ3n) is 5.19. The number of hydrogen-bond acceptors (Lipinski definition) is 2. The van der Waals surface area contributed by atoms with Gasteiger partial charge >= 0.3 is 6.18 Å². The number of alkyl halides is 3. The first-order chi connectivity index (χ1) is 10.7. The summed E-state index contributed by atoms with van der Waals surface area (Å²) in [7, 11) is 0. The Labute approximate surface area is 133 Å². The predicted octanol–water partition coefficient (Wildman–Crippen LogP) is 3.31. The van der Waals surface area contributed by atoms with Crippen LogP contribution in [0.3, 0.4) is 0 Å². The van der Waals surface area contributed by atoms with Gasteiger partial charge in [-0.1, -0.05) is 6.08 Å². The maximum Gasteiger partial charge on any atom is 0.416 e. The molecule has 1 N–H and O–H groups in total. The lowest BCUT2D eigenvalue weighted by Gasteiger charge is -2.35. The van der Waals surface area contributed by atoms with E-state index in [9.17, 15) is 18.0 Å². The zero-order valence-electron chi connectivity index (χ0n) is 13.3. The van der Waals surface area contributed by atoms with Crippen LogP contribution in [-0.2, 0) is 4.79 Å². The van der Waals surface area contributed by atoms with Crippen LogP contribution in [0.15, 0.2) is 35.1 Å². The van der Waals surface area contributed by atoms with Crippen molar-refractivity contribution in [2.45, 2.75) is 44.8 Å². The third kappa shape index (κ3) is 2.91. The van der Waals surface area contributed by atoms with E-state index >= 15 is 0 Å². The second kappa shape index (κ2) is 5.42. The SMILES string of the molecule is CC(=O)N1CCC(C2=CNC3(C)CC=C(C(F)(F)F)C=C23)CC1. The highest BCUT2D eigenvalue weighted by Crippen LogP contribution is 2.45. The van der Waals surface area contributed by atoms with Crippen molar-refractivity contribution >= 4 is 5.91 Å². The maximum atomic E-state index is 13.0. The molecule has 0 radical (unpaired) electrons. The van der Waals surface area contributed by atoms with Gasteiger partial charge in [-0.2, -0.15) is 13.2 Å². The second-order valence-corrected chi connectivity index (χ2v) is 6.78. The first kappa shape index (κ1) is 16.1. The summed E-state index contributed by atoms with van der Waals surface area (Å²) < 4.78 is 39.1. The minimum Gasteiger partial charge on any atom is -0.381 e. The maximum absolute atomic E-state index is 13.0. The van der Waals surface area contributed by atoms with E-state index in [1.807, 2.05) is 13.1 Å². The first-order valence-corrected chi connectivity index (χ1v) is 7.94. The van der Waals surface area contributed by atoms with E-state index < -0.39 is 17.3 Å². The molecule has 0 bridgehead atoms. The van der Waals surface area contributed by atoms with E-state index in [1.165, 1.54) is 12.2 Å². The summed E-state index contributed by atoms with van der Waals surface area (Å²) in [6.07, 6.45) is 2.07. The van der Waals surface area contributed by atoms with Gasteiger partial charge in [0.2, 0.25) is 5.91 Å². The number of fused-ring (bicyclic) bond motifs is 1. The summed E-state index contributed by atoms with van der Waals surface area (Å²) in [6, 6.07) is 0. The lowest BCUT2D eigenvalue weighted by Crippen LogP contribution is -2.40. The van der Waals surface area contributed by atoms with Gasteiger partial charge in [0.1, 0.15) is 0 Å². The number of nitrogens with zero attached hydrogens (tertiary/aromatic N) is 1. The molecule has 2 aliphatic heterocycles. The normalized spacial score (nSPS) is 28.6. The van der Waals surface area contributed by atoms with Crippen LogP contribution in [0.4, 0.5) is 13.2 Å². The molecule has 6 heteroatoms. The summed E-state index contributed by atoms with van der Waals surface area (Å²) in [5.41, 5.74) is 0.738. The molecule has 2 heterocycles. The molecule has 0 aromatic rings. The van der Waals surface area contributed by atoms with Crippen molar-refractivity contribution in [3.8, 4) is 0 Å². The van der Waals surface area contributed by atoms with Crippen LogP contribution in [0.25, 0.3) is 0 Å². The number of rotatable bonds is 1. The molecule has 3 nitrogen and oxygen atoms in total. The molecule has 0 aromatic heterocycles. The monoisotopic (exact) mass is 326 g/mol. The summed E-state index contributed by atoms with van der Waals surface area (Å²) in [4.78, 5) is 13.2. The molecule has 23 heavy (non-hydrogen) atoms. The summed E-state index contributed by atoms with van der Waals surface area (Å²) in [5.74, 6) is 0.268. The van der Waals surface area contributed by atoms with E-state index in [0.29, 0.717) is 19.5 Å². The Bertz CT molecular complexity index is 610. The molecule has 1 amide bonds. The Hall–Kier alpha value is -1.72. The number of piperidine rings is 1. The zero-order valence-corrected chi connectivity index (χ0v) is 13.3. The topological polar surface area (TPSA) is 32.3 Å². The largest absolute Gasteiger partial charge is 0.416 e. The van der Waals surface area contributed by atoms with Gasteiger partial charge in [-0.25, -0.2) is 0 Å². The molecule has 0 spiro atoms. The Kier molecular flexibility index (Phi) is 3.81. The van der Waals surface area contributed by atoms with Crippen LogP contribution in [0.2, 0.25) is 0 Å². The smallest absolute Gasteiger partial charge is 0.381 e. The molecule has 3 rings (SSSR count). The molecular formula is C17H21F3N2O. The number of allylic oxidation sites excluding steroid dienone is 2. The van der Waals surface area contributed by atoms with Crippen LogP contribution in [0.5, 0.6) is 0 Å². The van der Waals surface area contributed by atoms with E-state index in [2.05, 4.69) is 5.32 Å². The van der Waals surface area contributed by atoms with Crippen molar-refractivity contribution in [3.05, 3.63) is 35.1 Å². The number of carbonyl (C=O) groups excluding carboxylic acids is 1. The number of amides is 1. The zero-order chi connectivity index (χ0) is 16.8. The minimum absolute atomic E-state index is 0.0611. The number of hydrogen-bond donors (Lipinski definition) is 1. The van der Waals surface area contributed by atoms with Crippen LogP contribution >= 0.6 is 0 Å². The molecule has 1 fully saturated rings. The average molecular weight is 326 g/mol. The summed E-state index contributed by atoms with van der Waals surface area (Å²) in [6.45, 7) is 4.83. The highest BCUT2D eigenvalue weighted by Gasteiger charge is 2.43. The molecule has 1 atom stereocenters. The van der Waals surface area contributed by atoms with Crippen LogP contribution in [-0.4, -0.2) is 35.6 Å². The van der Waals surface area contributed by atoms with Crippen LogP contribution in [0, 0.1) is 5.92 Å². The van der Waals surface area contributed by atoms with Gasteiger partial charge in [0.05, 0.1) is 11.1 Å². The second-order valence-electron chi connectivity index (χ2n) is 6.78. The molecule has 1 aliphatic carbocycles. The van der Waals surface area contributed by atoms with E-state index in [4.69, 9.17) is 0 Å². The highest BCUT2D eigenvalue weighted by molar-refractivity contribution is 5.73. The average Bonchev–Trinajstić information content (AvgIpc) is 2.83. The molecule has 0 saturated carbocycles. The van der Waals surface area contributed by atoms with Crippen molar-refractivity contribution in [3.63, 3.8) is 0 Å². The first-order valence-electron chi connectivity index (χ1n) is 7.94. The van der Waals surface area contributed by atoms with Gasteiger partial charge in [0, 0.05) is 26.2 Å². The van der Waals surface area contributed by atoms with E-state index in [1.54, 1.807) is 11.8 Å².